The quantitative estimate of drug-likeness (QED) is 0.586. The van der Waals surface area contributed by atoms with E-state index in [0.717, 1.165) is 27.8 Å². The number of aromatic amines is 1. The first-order chi connectivity index (χ1) is 10.6. The van der Waals surface area contributed by atoms with E-state index in [9.17, 15) is 4.79 Å². The molecule has 1 aromatic carbocycles. The maximum atomic E-state index is 12.6. The van der Waals surface area contributed by atoms with Crippen LogP contribution in [0.15, 0.2) is 47.5 Å². The van der Waals surface area contributed by atoms with Gasteiger partial charge >= 0.3 is 0 Å². The molecule has 0 bridgehead atoms. The normalized spacial score (nSPS) is 11.4. The van der Waals surface area contributed by atoms with E-state index in [2.05, 4.69) is 15.1 Å². The molecule has 22 heavy (non-hydrogen) atoms. The number of pyridine rings is 2. The first kappa shape index (κ1) is 12.8. The van der Waals surface area contributed by atoms with Crippen molar-refractivity contribution >= 4 is 10.9 Å². The first-order valence-corrected chi connectivity index (χ1v) is 7.07. The van der Waals surface area contributed by atoms with Crippen LogP contribution < -0.4 is 5.56 Å². The lowest BCUT2D eigenvalue weighted by atomic mass is 10.1. The maximum absolute atomic E-state index is 12.6. The van der Waals surface area contributed by atoms with Crippen LogP contribution in [0, 0.1) is 13.8 Å². The van der Waals surface area contributed by atoms with E-state index in [0.29, 0.717) is 11.3 Å². The zero-order valence-electron chi connectivity index (χ0n) is 12.3. The third-order valence-electron chi connectivity index (χ3n) is 3.82. The van der Waals surface area contributed by atoms with Crippen LogP contribution in [0.1, 0.15) is 11.3 Å². The number of aromatic nitrogens is 4. The van der Waals surface area contributed by atoms with Crippen LogP contribution in [0.3, 0.4) is 0 Å². The van der Waals surface area contributed by atoms with Gasteiger partial charge in [0.15, 0.2) is 0 Å². The highest BCUT2D eigenvalue weighted by Crippen LogP contribution is 2.25. The SMILES string of the molecule is Cc1ccc(-n2nc3c4cc(C)ncc4[nH]cc-3c2=O)cc1. The van der Waals surface area contributed by atoms with Crippen molar-refractivity contribution in [2.24, 2.45) is 0 Å². The standard InChI is InChI=1S/C17H14N4O/c1-10-3-5-12(6-4-10)21-17(22)14-8-19-15-9-18-11(2)7-13(15)16(14)20-21/h3-9,19H,1-2H3. The molecule has 1 N–H and O–H groups in total. The van der Waals surface area contributed by atoms with Crippen LogP contribution in [-0.2, 0) is 0 Å². The van der Waals surface area contributed by atoms with Gasteiger partial charge in [0.05, 0.1) is 23.0 Å². The summed E-state index contributed by atoms with van der Waals surface area (Å²) in [5.74, 6) is 0. The summed E-state index contributed by atoms with van der Waals surface area (Å²) in [6.45, 7) is 3.94. The molecule has 1 aromatic heterocycles. The lowest BCUT2D eigenvalue weighted by molar-refractivity contribution is 0.858. The second kappa shape index (κ2) is 4.53. The fourth-order valence-electron chi connectivity index (χ4n) is 2.63. The zero-order valence-corrected chi connectivity index (χ0v) is 12.3. The zero-order chi connectivity index (χ0) is 15.3. The number of hydrogen-bond acceptors (Lipinski definition) is 3. The van der Waals surface area contributed by atoms with Gasteiger partial charge in [0, 0.05) is 17.3 Å². The average Bonchev–Trinajstić information content (AvgIpc) is 2.86. The van der Waals surface area contributed by atoms with Crippen molar-refractivity contribution in [1.82, 2.24) is 19.7 Å². The van der Waals surface area contributed by atoms with Crippen LogP contribution in [0.5, 0.6) is 0 Å². The van der Waals surface area contributed by atoms with Crippen LogP contribution >= 0.6 is 0 Å². The Morgan fingerprint density at radius 3 is 2.68 bits per heavy atom. The molecule has 0 radical (unpaired) electrons. The van der Waals surface area contributed by atoms with Crippen molar-refractivity contribution in [2.45, 2.75) is 13.8 Å². The summed E-state index contributed by atoms with van der Waals surface area (Å²) in [7, 11) is 0. The first-order valence-electron chi connectivity index (χ1n) is 7.07. The van der Waals surface area contributed by atoms with Crippen LogP contribution in [0.2, 0.25) is 0 Å². The van der Waals surface area contributed by atoms with Crippen molar-refractivity contribution in [1.29, 1.82) is 0 Å². The van der Waals surface area contributed by atoms with Crippen LogP contribution in [-0.4, -0.2) is 19.7 Å². The highest BCUT2D eigenvalue weighted by molar-refractivity contribution is 5.92. The molecule has 0 aliphatic carbocycles. The number of nitrogens with zero attached hydrogens (tertiary/aromatic N) is 3. The van der Waals surface area contributed by atoms with Crippen LogP contribution in [0.4, 0.5) is 0 Å². The van der Waals surface area contributed by atoms with E-state index in [-0.39, 0.29) is 5.56 Å². The molecule has 0 saturated carbocycles. The molecule has 4 rings (SSSR count). The fourth-order valence-corrected chi connectivity index (χ4v) is 2.63. The average molecular weight is 290 g/mol. The molecule has 0 spiro atoms. The van der Waals surface area contributed by atoms with Crippen molar-refractivity contribution in [3.8, 4) is 16.9 Å². The maximum Gasteiger partial charge on any atom is 0.282 e. The molecule has 0 amide bonds. The molecule has 5 heteroatoms. The van der Waals surface area contributed by atoms with Crippen molar-refractivity contribution < 1.29 is 0 Å². The molecule has 0 saturated heterocycles. The summed E-state index contributed by atoms with van der Waals surface area (Å²) in [5, 5.41) is 5.45. The van der Waals surface area contributed by atoms with E-state index in [1.807, 2.05) is 44.2 Å². The van der Waals surface area contributed by atoms with Gasteiger partial charge in [0.25, 0.3) is 5.56 Å². The molecule has 2 aromatic rings. The summed E-state index contributed by atoms with van der Waals surface area (Å²) in [6, 6.07) is 9.70. The number of fused-ring (bicyclic) bond motifs is 3. The second-order valence-electron chi connectivity index (χ2n) is 5.47. The Balaban J connectivity index is 2.05. The van der Waals surface area contributed by atoms with E-state index >= 15 is 0 Å². The molecular weight excluding hydrogens is 276 g/mol. The Labute approximate surface area is 126 Å². The van der Waals surface area contributed by atoms with E-state index in [1.165, 1.54) is 4.68 Å². The smallest absolute Gasteiger partial charge is 0.282 e. The molecule has 0 atom stereocenters. The Morgan fingerprint density at radius 2 is 1.91 bits per heavy atom. The number of benzene rings is 1. The number of H-pyrrole nitrogens is 1. The van der Waals surface area contributed by atoms with Gasteiger partial charge in [-0.1, -0.05) is 17.7 Å². The van der Waals surface area contributed by atoms with E-state index in [1.54, 1.807) is 12.4 Å². The molecule has 2 aliphatic rings. The third-order valence-corrected chi connectivity index (χ3v) is 3.82. The molecule has 0 unspecified atom stereocenters. The Kier molecular flexibility index (Phi) is 2.63. The molecule has 108 valence electrons. The van der Waals surface area contributed by atoms with Gasteiger partial charge in [-0.15, -0.1) is 0 Å². The predicted octanol–water partition coefficient (Wildman–Crippen LogP) is 2.83. The predicted molar refractivity (Wildman–Crippen MR) is 85.6 cm³/mol. The minimum Gasteiger partial charge on any atom is -0.359 e. The summed E-state index contributed by atoms with van der Waals surface area (Å²) >= 11 is 0. The molecular formula is C17H14N4O. The molecule has 2 aliphatic heterocycles. The highest BCUT2D eigenvalue weighted by atomic mass is 16.1. The van der Waals surface area contributed by atoms with E-state index < -0.39 is 0 Å². The summed E-state index contributed by atoms with van der Waals surface area (Å²) in [4.78, 5) is 20.0. The van der Waals surface area contributed by atoms with Crippen LogP contribution in [0.25, 0.3) is 27.8 Å². The number of nitrogens with one attached hydrogen (secondary N) is 1. The Hall–Kier alpha value is -2.95. The largest absolute Gasteiger partial charge is 0.359 e. The van der Waals surface area contributed by atoms with Gasteiger partial charge in [0.1, 0.15) is 5.69 Å². The number of aryl methyl sites for hydroxylation is 2. The lowest BCUT2D eigenvalue weighted by Crippen LogP contribution is -2.14. The van der Waals surface area contributed by atoms with Gasteiger partial charge < -0.3 is 4.98 Å². The minimum absolute atomic E-state index is 0.119. The highest BCUT2D eigenvalue weighted by Gasteiger charge is 2.19. The molecule has 3 heterocycles. The second-order valence-corrected chi connectivity index (χ2v) is 5.47. The van der Waals surface area contributed by atoms with Crippen molar-refractivity contribution in [2.75, 3.05) is 0 Å². The Morgan fingerprint density at radius 1 is 1.14 bits per heavy atom. The van der Waals surface area contributed by atoms with Crippen molar-refractivity contribution in [3.05, 3.63) is 64.3 Å². The van der Waals surface area contributed by atoms with Gasteiger partial charge in [-0.05, 0) is 32.0 Å². The topological polar surface area (TPSA) is 63.6 Å². The molecule has 0 fully saturated rings. The van der Waals surface area contributed by atoms with Gasteiger partial charge in [0.2, 0.25) is 0 Å². The summed E-state index contributed by atoms with van der Waals surface area (Å²) in [5.41, 5.74) is 4.84. The number of hydrogen-bond donors (Lipinski definition) is 1. The monoisotopic (exact) mass is 290 g/mol. The van der Waals surface area contributed by atoms with Gasteiger partial charge in [-0.25, -0.2) is 0 Å². The van der Waals surface area contributed by atoms with Gasteiger partial charge in [-0.3, -0.25) is 9.78 Å². The van der Waals surface area contributed by atoms with Crippen molar-refractivity contribution in [3.63, 3.8) is 0 Å². The summed E-state index contributed by atoms with van der Waals surface area (Å²) < 4.78 is 1.45. The third kappa shape index (κ3) is 1.83. The summed E-state index contributed by atoms with van der Waals surface area (Å²) in [6.07, 6.45) is 3.47. The fraction of sp³-hybridized carbons (Fsp3) is 0.118. The lowest BCUT2D eigenvalue weighted by Gasteiger charge is -2.02. The molecule has 5 nitrogen and oxygen atoms in total. The number of rotatable bonds is 1. The van der Waals surface area contributed by atoms with E-state index in [4.69, 9.17) is 0 Å². The minimum atomic E-state index is -0.119. The Bertz CT molecular complexity index is 1010. The van der Waals surface area contributed by atoms with Gasteiger partial charge in [-0.2, -0.15) is 9.78 Å².